The van der Waals surface area contributed by atoms with Gasteiger partial charge in [0.2, 0.25) is 0 Å². The Morgan fingerprint density at radius 1 is 1.09 bits per heavy atom. The Kier molecular flexibility index (Phi) is 2.75. The van der Waals surface area contributed by atoms with E-state index in [4.69, 9.17) is 0 Å². The Balaban J connectivity index is 1.59. The maximum absolute atomic E-state index is 3.62. The van der Waals surface area contributed by atoms with Crippen LogP contribution in [0.2, 0.25) is 0 Å². The average molecular weight is 171 g/mol. The van der Waals surface area contributed by atoms with Crippen molar-refractivity contribution in [3.63, 3.8) is 0 Å². The third kappa shape index (κ3) is 2.68. The van der Waals surface area contributed by atoms with Crippen molar-refractivity contribution in [3.05, 3.63) is 0 Å². The van der Waals surface area contributed by atoms with Crippen molar-refractivity contribution in [2.24, 2.45) is 5.92 Å². The molecule has 0 amide bonds. The van der Waals surface area contributed by atoms with Crippen LogP contribution in [0.15, 0.2) is 0 Å². The first-order chi connectivity index (χ1) is 5.45. The summed E-state index contributed by atoms with van der Waals surface area (Å²) >= 11 is 2.12. The topological polar surface area (TPSA) is 12.0 Å². The monoisotopic (exact) mass is 171 g/mol. The van der Waals surface area contributed by atoms with Crippen molar-refractivity contribution >= 4 is 11.8 Å². The van der Waals surface area contributed by atoms with Crippen LogP contribution in [0.1, 0.15) is 25.7 Å². The molecule has 1 saturated heterocycles. The molecule has 0 aromatic heterocycles. The van der Waals surface area contributed by atoms with Crippen molar-refractivity contribution in [3.8, 4) is 0 Å². The summed E-state index contributed by atoms with van der Waals surface area (Å²) in [6.45, 7) is 1.30. The van der Waals surface area contributed by atoms with Crippen molar-refractivity contribution in [2.75, 3.05) is 18.1 Å². The molecule has 0 radical (unpaired) electrons. The second-order valence-electron chi connectivity index (χ2n) is 3.74. The van der Waals surface area contributed by atoms with Gasteiger partial charge in [0.25, 0.3) is 0 Å². The van der Waals surface area contributed by atoms with E-state index in [-0.39, 0.29) is 0 Å². The molecule has 64 valence electrons. The zero-order valence-corrected chi connectivity index (χ0v) is 7.83. The summed E-state index contributed by atoms with van der Waals surface area (Å²) in [5.74, 6) is 3.80. The van der Waals surface area contributed by atoms with Gasteiger partial charge in [0.05, 0.1) is 0 Å². The van der Waals surface area contributed by atoms with E-state index in [1.165, 1.54) is 43.7 Å². The summed E-state index contributed by atoms with van der Waals surface area (Å²) in [7, 11) is 0. The van der Waals surface area contributed by atoms with Crippen LogP contribution in [0.5, 0.6) is 0 Å². The lowest BCUT2D eigenvalue weighted by Crippen LogP contribution is -2.27. The van der Waals surface area contributed by atoms with E-state index in [1.54, 1.807) is 0 Å². The average Bonchev–Trinajstić information content (AvgIpc) is 2.86. The van der Waals surface area contributed by atoms with Gasteiger partial charge < -0.3 is 5.32 Å². The molecular weight excluding hydrogens is 154 g/mol. The van der Waals surface area contributed by atoms with E-state index in [9.17, 15) is 0 Å². The second kappa shape index (κ2) is 3.81. The number of rotatable bonds is 3. The van der Waals surface area contributed by atoms with Crippen molar-refractivity contribution in [2.45, 2.75) is 31.7 Å². The Labute approximate surface area is 73.3 Å². The molecule has 2 rings (SSSR count). The highest BCUT2D eigenvalue weighted by atomic mass is 32.2. The minimum atomic E-state index is 0.907. The summed E-state index contributed by atoms with van der Waals surface area (Å²) in [4.78, 5) is 0. The molecule has 1 N–H and O–H groups in total. The van der Waals surface area contributed by atoms with Crippen LogP contribution >= 0.6 is 11.8 Å². The van der Waals surface area contributed by atoms with E-state index >= 15 is 0 Å². The van der Waals surface area contributed by atoms with Gasteiger partial charge in [-0.2, -0.15) is 11.8 Å². The first-order valence-electron chi connectivity index (χ1n) is 4.76. The van der Waals surface area contributed by atoms with Gasteiger partial charge in [-0.25, -0.2) is 0 Å². The minimum absolute atomic E-state index is 0.907. The zero-order chi connectivity index (χ0) is 7.52. The van der Waals surface area contributed by atoms with Crippen LogP contribution in [-0.2, 0) is 0 Å². The molecule has 2 aliphatic rings. The van der Waals surface area contributed by atoms with Gasteiger partial charge in [0, 0.05) is 6.04 Å². The van der Waals surface area contributed by atoms with Crippen LogP contribution in [0.25, 0.3) is 0 Å². The molecule has 2 heteroatoms. The SMILES string of the molecule is C1CC(CNC2CC2)CCS1. The van der Waals surface area contributed by atoms with Crippen molar-refractivity contribution in [1.29, 1.82) is 0 Å². The van der Waals surface area contributed by atoms with Gasteiger partial charge in [0.1, 0.15) is 0 Å². The Morgan fingerprint density at radius 3 is 2.45 bits per heavy atom. The van der Waals surface area contributed by atoms with E-state index in [0.717, 1.165) is 12.0 Å². The number of hydrogen-bond donors (Lipinski definition) is 1. The largest absolute Gasteiger partial charge is 0.314 e. The Hall–Kier alpha value is 0.310. The van der Waals surface area contributed by atoms with Crippen molar-refractivity contribution < 1.29 is 0 Å². The minimum Gasteiger partial charge on any atom is -0.314 e. The Morgan fingerprint density at radius 2 is 1.82 bits per heavy atom. The maximum atomic E-state index is 3.62. The molecule has 1 saturated carbocycles. The molecule has 2 fully saturated rings. The molecule has 0 aromatic carbocycles. The molecular formula is C9H17NS. The zero-order valence-electron chi connectivity index (χ0n) is 7.01. The van der Waals surface area contributed by atoms with Crippen LogP contribution in [0, 0.1) is 5.92 Å². The lowest BCUT2D eigenvalue weighted by atomic mass is 10.0. The molecule has 0 atom stereocenters. The highest BCUT2D eigenvalue weighted by Gasteiger charge is 2.22. The molecule has 0 unspecified atom stereocenters. The third-order valence-corrected chi connectivity index (χ3v) is 3.66. The first kappa shape index (κ1) is 7.93. The van der Waals surface area contributed by atoms with Crippen molar-refractivity contribution in [1.82, 2.24) is 5.32 Å². The van der Waals surface area contributed by atoms with Crippen LogP contribution in [-0.4, -0.2) is 24.1 Å². The van der Waals surface area contributed by atoms with E-state index in [2.05, 4.69) is 17.1 Å². The fourth-order valence-electron chi connectivity index (χ4n) is 1.57. The van der Waals surface area contributed by atoms with E-state index in [1.807, 2.05) is 0 Å². The molecule has 11 heavy (non-hydrogen) atoms. The quantitative estimate of drug-likeness (QED) is 0.696. The molecule has 1 aliphatic carbocycles. The molecule has 0 aromatic rings. The molecule has 0 spiro atoms. The third-order valence-electron chi connectivity index (χ3n) is 2.61. The smallest absolute Gasteiger partial charge is 0.00683 e. The van der Waals surface area contributed by atoms with Crippen LogP contribution in [0.4, 0.5) is 0 Å². The highest BCUT2D eigenvalue weighted by molar-refractivity contribution is 7.99. The van der Waals surface area contributed by atoms with Gasteiger partial charge in [-0.15, -0.1) is 0 Å². The Bertz CT molecular complexity index is 117. The number of thioether (sulfide) groups is 1. The van der Waals surface area contributed by atoms with Gasteiger partial charge in [-0.3, -0.25) is 0 Å². The fraction of sp³-hybridized carbons (Fsp3) is 1.00. The number of nitrogens with one attached hydrogen (secondary N) is 1. The fourth-order valence-corrected chi connectivity index (χ4v) is 2.78. The predicted octanol–water partition coefficient (Wildman–Crippen LogP) is 1.88. The summed E-state index contributed by atoms with van der Waals surface area (Å²) in [6, 6.07) is 0.907. The van der Waals surface area contributed by atoms with Crippen LogP contribution in [0.3, 0.4) is 0 Å². The van der Waals surface area contributed by atoms with Gasteiger partial charge in [-0.05, 0) is 49.7 Å². The summed E-state index contributed by atoms with van der Waals surface area (Å²) in [5, 5.41) is 3.62. The molecule has 1 heterocycles. The van der Waals surface area contributed by atoms with Gasteiger partial charge in [0.15, 0.2) is 0 Å². The molecule has 0 bridgehead atoms. The summed E-state index contributed by atoms with van der Waals surface area (Å²) in [6.07, 6.45) is 5.76. The normalized spacial score (nSPS) is 27.3. The summed E-state index contributed by atoms with van der Waals surface area (Å²) < 4.78 is 0. The maximum Gasteiger partial charge on any atom is 0.00683 e. The standard InChI is InChI=1S/C9H17NS/c1-2-9(1)10-7-8-3-5-11-6-4-8/h8-10H,1-7H2. The summed E-state index contributed by atoms with van der Waals surface area (Å²) in [5.41, 5.74) is 0. The second-order valence-corrected chi connectivity index (χ2v) is 4.96. The van der Waals surface area contributed by atoms with E-state index in [0.29, 0.717) is 0 Å². The lowest BCUT2D eigenvalue weighted by Gasteiger charge is -2.21. The van der Waals surface area contributed by atoms with E-state index < -0.39 is 0 Å². The highest BCUT2D eigenvalue weighted by Crippen LogP contribution is 2.24. The predicted molar refractivity (Wildman–Crippen MR) is 51.1 cm³/mol. The molecule has 1 aliphatic heterocycles. The van der Waals surface area contributed by atoms with Gasteiger partial charge in [-0.1, -0.05) is 0 Å². The van der Waals surface area contributed by atoms with Crippen LogP contribution < -0.4 is 5.32 Å². The molecule has 1 nitrogen and oxygen atoms in total. The lowest BCUT2D eigenvalue weighted by molar-refractivity contribution is 0.447. The first-order valence-corrected chi connectivity index (χ1v) is 5.92. The van der Waals surface area contributed by atoms with Gasteiger partial charge >= 0.3 is 0 Å². The number of hydrogen-bond acceptors (Lipinski definition) is 2.